The smallest absolute Gasteiger partial charge is 0.264 e. The fourth-order valence-electron chi connectivity index (χ4n) is 12.0. The summed E-state index contributed by atoms with van der Waals surface area (Å²) in [6.07, 6.45) is 7.48. The summed E-state index contributed by atoms with van der Waals surface area (Å²) in [5, 5.41) is 1.39. The van der Waals surface area contributed by atoms with E-state index in [0.29, 0.717) is 12.0 Å². The summed E-state index contributed by atoms with van der Waals surface area (Å²) >= 11 is 2.05. The first kappa shape index (κ1) is 36.6. The second-order valence-electron chi connectivity index (χ2n) is 20.1. The molecule has 0 bridgehead atoms. The third-order valence-corrected chi connectivity index (χ3v) is 16.5. The topological polar surface area (TPSA) is 9.72 Å². The van der Waals surface area contributed by atoms with E-state index in [1.54, 1.807) is 0 Å². The van der Waals surface area contributed by atoms with Crippen LogP contribution in [0.25, 0.3) is 10.1 Å². The van der Waals surface area contributed by atoms with Crippen LogP contribution < -0.4 is 30.4 Å². The highest BCUT2D eigenvalue weighted by molar-refractivity contribution is 7.33. The lowest BCUT2D eigenvalue weighted by atomic mass is 9.36. The standard InChI is InChI=1S/C55H54BN3S/c1-33-16-21-36(22-17-33)57-47-28-35(3)20-25-44(47)56-51-48(57)29-38(58-45-14-10-8-12-39(45)40-13-9-11-15-46(40)58)30-49(51)59(37-23-18-34(2)19-24-37)52-41-31-42-43(32-50(41)60-53(52)56)55(6,7)27-26-54(42,4)5/h8,10,12,14,16-25,28-32,40,46H,9,11,13,15,26-27H2,1-7H3. The molecule has 1 aromatic heterocycles. The van der Waals surface area contributed by atoms with Crippen LogP contribution in [-0.4, -0.2) is 12.8 Å². The molecule has 2 atom stereocenters. The Hall–Kier alpha value is -5.26. The Labute approximate surface area is 360 Å². The number of benzene rings is 6. The van der Waals surface area contributed by atoms with Crippen molar-refractivity contribution in [2.24, 2.45) is 0 Å². The van der Waals surface area contributed by atoms with E-state index >= 15 is 0 Å². The van der Waals surface area contributed by atoms with Crippen molar-refractivity contribution in [3.8, 4) is 0 Å². The van der Waals surface area contributed by atoms with Crippen molar-refractivity contribution < 1.29 is 0 Å². The first-order chi connectivity index (χ1) is 29.0. The molecule has 0 amide bonds. The molecule has 12 rings (SSSR count). The van der Waals surface area contributed by atoms with Crippen LogP contribution in [0.3, 0.4) is 0 Å². The van der Waals surface area contributed by atoms with Crippen molar-refractivity contribution in [3.05, 3.63) is 149 Å². The van der Waals surface area contributed by atoms with E-state index in [-0.39, 0.29) is 17.5 Å². The Balaban J connectivity index is 1.21. The minimum absolute atomic E-state index is 0.0989. The van der Waals surface area contributed by atoms with Gasteiger partial charge in [-0.3, -0.25) is 0 Å². The average molecular weight is 800 g/mol. The Morgan fingerprint density at radius 2 is 1.20 bits per heavy atom. The van der Waals surface area contributed by atoms with Crippen molar-refractivity contribution >= 4 is 89.3 Å². The third kappa shape index (κ3) is 5.20. The van der Waals surface area contributed by atoms with Gasteiger partial charge in [0.2, 0.25) is 0 Å². The van der Waals surface area contributed by atoms with Crippen LogP contribution >= 0.6 is 11.3 Å². The van der Waals surface area contributed by atoms with Gasteiger partial charge in [-0.15, -0.1) is 11.3 Å². The van der Waals surface area contributed by atoms with Gasteiger partial charge in [0.25, 0.3) is 6.71 Å². The zero-order valence-electron chi connectivity index (χ0n) is 36.2. The molecule has 0 radical (unpaired) electrons. The molecule has 1 fully saturated rings. The number of hydrogen-bond acceptors (Lipinski definition) is 4. The molecule has 6 aromatic carbocycles. The molecule has 2 unspecified atom stereocenters. The normalized spacial score (nSPS) is 20.3. The highest BCUT2D eigenvalue weighted by atomic mass is 32.1. The first-order valence-electron chi connectivity index (χ1n) is 22.5. The van der Waals surface area contributed by atoms with Gasteiger partial charge in [-0.1, -0.05) is 106 Å². The molecule has 60 heavy (non-hydrogen) atoms. The molecule has 0 N–H and O–H groups in total. The maximum atomic E-state index is 2.76. The van der Waals surface area contributed by atoms with E-state index in [4.69, 9.17) is 0 Å². The lowest BCUT2D eigenvalue weighted by Crippen LogP contribution is -2.60. The summed E-state index contributed by atoms with van der Waals surface area (Å²) in [6.45, 7) is 16.7. The number of anilines is 8. The Morgan fingerprint density at radius 3 is 1.92 bits per heavy atom. The first-order valence-corrected chi connectivity index (χ1v) is 23.3. The Morgan fingerprint density at radius 1 is 0.583 bits per heavy atom. The van der Waals surface area contributed by atoms with Gasteiger partial charge >= 0.3 is 0 Å². The number of aryl methyl sites for hydroxylation is 3. The summed E-state index contributed by atoms with van der Waals surface area (Å²) in [6, 6.07) is 46.0. The van der Waals surface area contributed by atoms with Gasteiger partial charge in [0.1, 0.15) is 0 Å². The zero-order valence-corrected chi connectivity index (χ0v) is 37.0. The van der Waals surface area contributed by atoms with Crippen molar-refractivity contribution in [3.63, 3.8) is 0 Å². The summed E-state index contributed by atoms with van der Waals surface area (Å²) in [7, 11) is 0. The van der Waals surface area contributed by atoms with Crippen molar-refractivity contribution in [2.75, 3.05) is 14.7 Å². The van der Waals surface area contributed by atoms with Crippen LogP contribution in [0.5, 0.6) is 0 Å². The Kier molecular flexibility index (Phi) is 7.85. The number of thiophene rings is 1. The van der Waals surface area contributed by atoms with Gasteiger partial charge in [0.05, 0.1) is 5.69 Å². The SMILES string of the molecule is Cc1ccc(N2c3cc(C)ccc3B3c4sc5cc6c(cc5c4N(c4ccc(C)cc4)c4cc(N5c7ccccc7C7CCCCC75)cc2c43)C(C)(C)CCC6(C)C)cc1. The van der Waals surface area contributed by atoms with E-state index in [9.17, 15) is 0 Å². The monoisotopic (exact) mass is 799 g/mol. The van der Waals surface area contributed by atoms with E-state index < -0.39 is 0 Å². The molecule has 0 spiro atoms. The van der Waals surface area contributed by atoms with E-state index in [2.05, 4.69) is 178 Å². The zero-order chi connectivity index (χ0) is 40.8. The molecule has 0 saturated heterocycles. The molecular formula is C55H54BN3S. The molecule has 298 valence electrons. The highest BCUT2D eigenvalue weighted by Gasteiger charge is 2.48. The average Bonchev–Trinajstić information content (AvgIpc) is 3.78. The Bertz CT molecular complexity index is 2900. The van der Waals surface area contributed by atoms with Crippen LogP contribution in [0.1, 0.15) is 106 Å². The van der Waals surface area contributed by atoms with E-state index in [1.165, 1.54) is 143 Å². The fraction of sp³-hybridized carbons (Fsp3) is 0.309. The summed E-state index contributed by atoms with van der Waals surface area (Å²) in [4.78, 5) is 8.06. The largest absolute Gasteiger partial charge is 0.337 e. The second-order valence-corrected chi connectivity index (χ2v) is 21.2. The maximum Gasteiger partial charge on any atom is 0.264 e. The molecule has 2 aliphatic carbocycles. The van der Waals surface area contributed by atoms with Crippen molar-refractivity contribution in [1.82, 2.24) is 0 Å². The van der Waals surface area contributed by atoms with Gasteiger partial charge in [-0.25, -0.2) is 0 Å². The van der Waals surface area contributed by atoms with Crippen molar-refractivity contribution in [2.45, 2.75) is 110 Å². The molecule has 1 saturated carbocycles. The fourth-order valence-corrected chi connectivity index (χ4v) is 13.4. The van der Waals surface area contributed by atoms with E-state index in [0.717, 1.165) is 0 Å². The summed E-state index contributed by atoms with van der Waals surface area (Å²) < 4.78 is 2.86. The molecule has 5 aliphatic rings. The number of nitrogens with zero attached hydrogens (tertiary/aromatic N) is 3. The lowest BCUT2D eigenvalue weighted by Gasteiger charge is -2.44. The summed E-state index contributed by atoms with van der Waals surface area (Å²) in [5.74, 6) is 0.561. The van der Waals surface area contributed by atoms with Crippen LogP contribution in [0.4, 0.5) is 45.5 Å². The predicted octanol–water partition coefficient (Wildman–Crippen LogP) is 13.4. The molecular weight excluding hydrogens is 746 g/mol. The van der Waals surface area contributed by atoms with Gasteiger partial charge in [-0.2, -0.15) is 0 Å². The molecule has 5 heteroatoms. The van der Waals surface area contributed by atoms with Gasteiger partial charge in [0.15, 0.2) is 0 Å². The number of rotatable bonds is 3. The maximum absolute atomic E-state index is 2.76. The number of hydrogen-bond donors (Lipinski definition) is 0. The van der Waals surface area contributed by atoms with E-state index in [1.807, 2.05) is 11.3 Å². The van der Waals surface area contributed by atoms with Crippen LogP contribution in [0, 0.1) is 20.8 Å². The molecule has 4 heterocycles. The van der Waals surface area contributed by atoms with Crippen LogP contribution in [0.2, 0.25) is 0 Å². The van der Waals surface area contributed by atoms with Gasteiger partial charge in [0, 0.05) is 66.6 Å². The molecule has 3 aliphatic heterocycles. The second kappa shape index (κ2) is 12.9. The highest BCUT2D eigenvalue weighted by Crippen LogP contribution is 2.56. The number of fused-ring (bicyclic) bond motifs is 10. The van der Waals surface area contributed by atoms with Gasteiger partial charge < -0.3 is 14.7 Å². The van der Waals surface area contributed by atoms with Crippen LogP contribution in [-0.2, 0) is 10.8 Å². The summed E-state index contributed by atoms with van der Waals surface area (Å²) in [5.41, 5.74) is 21.9. The van der Waals surface area contributed by atoms with Crippen molar-refractivity contribution in [1.29, 1.82) is 0 Å². The third-order valence-electron chi connectivity index (χ3n) is 15.3. The molecule has 3 nitrogen and oxygen atoms in total. The van der Waals surface area contributed by atoms with Crippen LogP contribution in [0.15, 0.2) is 115 Å². The number of para-hydroxylation sites is 1. The lowest BCUT2D eigenvalue weighted by molar-refractivity contribution is 0.332. The minimum atomic E-state index is 0.0989. The predicted molar refractivity (Wildman–Crippen MR) is 259 cm³/mol. The quantitative estimate of drug-likeness (QED) is 0.165. The molecule has 7 aromatic rings. The van der Waals surface area contributed by atoms with Gasteiger partial charge in [-0.05, 0) is 151 Å². The minimum Gasteiger partial charge on any atom is -0.337 e.